The highest BCUT2D eigenvalue weighted by Crippen LogP contribution is 2.52. The second kappa shape index (κ2) is 11.6. The van der Waals surface area contributed by atoms with Crippen LogP contribution in [0.25, 0.3) is 4.85 Å². The van der Waals surface area contributed by atoms with Gasteiger partial charge in [0, 0.05) is 49.1 Å². The van der Waals surface area contributed by atoms with E-state index in [9.17, 15) is 4.79 Å². The van der Waals surface area contributed by atoms with Gasteiger partial charge in [-0.1, -0.05) is 37.3 Å². The van der Waals surface area contributed by atoms with Gasteiger partial charge in [-0.05, 0) is 69.5 Å². The Morgan fingerprint density at radius 2 is 1.79 bits per heavy atom. The molecule has 2 aromatic rings. The summed E-state index contributed by atoms with van der Waals surface area (Å²) in [5.41, 5.74) is 2.34. The molecule has 6 heteroatoms. The molecule has 2 aliphatic heterocycles. The summed E-state index contributed by atoms with van der Waals surface area (Å²) in [4.78, 5) is 21.7. The summed E-state index contributed by atoms with van der Waals surface area (Å²) in [6, 6.07) is 20.4. The summed E-state index contributed by atoms with van der Waals surface area (Å²) in [7, 11) is 0. The maximum atomic E-state index is 12.2. The van der Waals surface area contributed by atoms with E-state index < -0.39 is 5.54 Å². The van der Waals surface area contributed by atoms with E-state index in [0.717, 1.165) is 70.4 Å². The van der Waals surface area contributed by atoms with Gasteiger partial charge in [0.1, 0.15) is 6.10 Å². The average molecular weight is 511 g/mol. The van der Waals surface area contributed by atoms with Gasteiger partial charge in [-0.25, -0.2) is 6.57 Å². The Hall–Kier alpha value is -3.35. The van der Waals surface area contributed by atoms with Gasteiger partial charge in [0.05, 0.1) is 17.6 Å². The second-order valence-corrected chi connectivity index (χ2v) is 11.2. The maximum absolute atomic E-state index is 12.2. The zero-order valence-corrected chi connectivity index (χ0v) is 22.4. The van der Waals surface area contributed by atoms with Crippen molar-refractivity contribution < 1.29 is 9.53 Å². The van der Waals surface area contributed by atoms with E-state index in [1.807, 2.05) is 49.4 Å². The van der Waals surface area contributed by atoms with Crippen molar-refractivity contribution in [1.29, 1.82) is 5.26 Å². The SMILES string of the molecule is [C-]#[N+][C@@](c1ccccc1)(C1CCN(CC2CN(c3ccc(C#N)cc3)C2)CC1)[C@H]1CCC[C@@H]1OC(=O)CC. The number of carbonyl (C=O) groups is 1. The minimum Gasteiger partial charge on any atom is -0.462 e. The standard InChI is InChI=1S/C32H38N4O2/c1-3-31(37)38-30-11-7-10-29(30)32(34-2,26-8-5-4-6-9-26)27-16-18-35(19-17-27)21-25-22-36(23-25)28-14-12-24(20-33)13-15-28/h4-6,8-9,12-15,25,27,29-30H,3,7,10-11,16-19,21-23H2,1H3/t29-,30-,32-/m0/s1. The summed E-state index contributed by atoms with van der Waals surface area (Å²) in [5.74, 6) is 0.789. The molecule has 1 saturated carbocycles. The molecule has 0 bridgehead atoms. The van der Waals surface area contributed by atoms with E-state index in [0.29, 0.717) is 17.9 Å². The van der Waals surface area contributed by atoms with Crippen molar-refractivity contribution in [1.82, 2.24) is 4.90 Å². The van der Waals surface area contributed by atoms with Crippen molar-refractivity contribution in [3.63, 3.8) is 0 Å². The van der Waals surface area contributed by atoms with Gasteiger partial charge in [-0.2, -0.15) is 5.26 Å². The highest BCUT2D eigenvalue weighted by Gasteiger charge is 2.58. The number of hydrogen-bond donors (Lipinski definition) is 0. The number of ether oxygens (including phenoxy) is 1. The molecule has 1 aliphatic carbocycles. The summed E-state index contributed by atoms with van der Waals surface area (Å²) in [5, 5.41) is 9.03. The Balaban J connectivity index is 1.24. The molecule has 38 heavy (non-hydrogen) atoms. The van der Waals surface area contributed by atoms with Crippen LogP contribution < -0.4 is 4.90 Å². The fraction of sp³-hybridized carbons (Fsp3) is 0.531. The quantitative estimate of drug-likeness (QED) is 0.340. The second-order valence-electron chi connectivity index (χ2n) is 11.2. The number of hydrogen-bond acceptors (Lipinski definition) is 5. The molecule has 5 rings (SSSR count). The summed E-state index contributed by atoms with van der Waals surface area (Å²) in [6.07, 6.45) is 5.00. The Labute approximate surface area is 227 Å². The van der Waals surface area contributed by atoms with Crippen LogP contribution in [-0.2, 0) is 15.1 Å². The van der Waals surface area contributed by atoms with Crippen molar-refractivity contribution >= 4 is 11.7 Å². The first-order chi connectivity index (χ1) is 18.6. The first kappa shape index (κ1) is 26.3. The minimum atomic E-state index is -0.647. The molecule has 0 aromatic heterocycles. The lowest BCUT2D eigenvalue weighted by atomic mass is 9.65. The van der Waals surface area contributed by atoms with Gasteiger partial charge in [-0.3, -0.25) is 4.79 Å². The molecule has 0 unspecified atom stereocenters. The van der Waals surface area contributed by atoms with E-state index in [-0.39, 0.29) is 23.9 Å². The molecular formula is C32H38N4O2. The predicted molar refractivity (Wildman–Crippen MR) is 148 cm³/mol. The smallest absolute Gasteiger partial charge is 0.305 e. The monoisotopic (exact) mass is 510 g/mol. The van der Waals surface area contributed by atoms with Gasteiger partial charge < -0.3 is 19.4 Å². The lowest BCUT2D eigenvalue weighted by Gasteiger charge is -2.46. The van der Waals surface area contributed by atoms with E-state index in [4.69, 9.17) is 16.6 Å². The number of nitriles is 1. The highest BCUT2D eigenvalue weighted by atomic mass is 16.5. The number of piperidine rings is 1. The molecule has 2 aromatic carbocycles. The third kappa shape index (κ3) is 5.16. The van der Waals surface area contributed by atoms with Crippen molar-refractivity contribution in [3.05, 3.63) is 77.1 Å². The predicted octanol–water partition coefficient (Wildman–Crippen LogP) is 5.64. The Bertz CT molecular complexity index is 1170. The Kier molecular flexibility index (Phi) is 8.01. The van der Waals surface area contributed by atoms with Crippen LogP contribution in [0.4, 0.5) is 5.69 Å². The first-order valence-corrected chi connectivity index (χ1v) is 14.2. The van der Waals surface area contributed by atoms with Crippen LogP contribution >= 0.6 is 0 Å². The molecule has 0 N–H and O–H groups in total. The van der Waals surface area contributed by atoms with E-state index in [1.165, 1.54) is 5.69 Å². The number of benzene rings is 2. The van der Waals surface area contributed by atoms with Gasteiger partial charge in [0.25, 0.3) is 5.54 Å². The number of nitrogens with zero attached hydrogens (tertiary/aromatic N) is 4. The molecule has 6 nitrogen and oxygen atoms in total. The molecule has 3 aliphatic rings. The molecule has 3 fully saturated rings. The lowest BCUT2D eigenvalue weighted by Crippen LogP contribution is -2.54. The van der Waals surface area contributed by atoms with Crippen LogP contribution in [0.2, 0.25) is 0 Å². The van der Waals surface area contributed by atoms with Gasteiger partial charge in [0.15, 0.2) is 0 Å². The van der Waals surface area contributed by atoms with Crippen LogP contribution in [-0.4, -0.2) is 49.7 Å². The fourth-order valence-corrected chi connectivity index (χ4v) is 7.08. The van der Waals surface area contributed by atoms with E-state index >= 15 is 0 Å². The topological polar surface area (TPSA) is 60.9 Å². The summed E-state index contributed by atoms with van der Waals surface area (Å²) >= 11 is 0. The average Bonchev–Trinajstić information content (AvgIpc) is 3.41. The van der Waals surface area contributed by atoms with Crippen molar-refractivity contribution in [2.24, 2.45) is 17.8 Å². The lowest BCUT2D eigenvalue weighted by molar-refractivity contribution is -0.152. The molecule has 0 amide bonds. The molecule has 2 heterocycles. The molecule has 2 saturated heterocycles. The third-order valence-corrected chi connectivity index (χ3v) is 9.06. The van der Waals surface area contributed by atoms with Crippen molar-refractivity contribution in [2.45, 2.75) is 57.1 Å². The molecule has 0 spiro atoms. The van der Waals surface area contributed by atoms with Gasteiger partial charge in [0.2, 0.25) is 0 Å². The number of likely N-dealkylation sites (tertiary alicyclic amines) is 1. The molecule has 198 valence electrons. The summed E-state index contributed by atoms with van der Waals surface area (Å²) in [6.45, 7) is 15.6. The Morgan fingerprint density at radius 3 is 2.42 bits per heavy atom. The van der Waals surface area contributed by atoms with E-state index in [2.05, 4.69) is 32.8 Å². The van der Waals surface area contributed by atoms with Crippen LogP contribution in [0.1, 0.15) is 56.6 Å². The number of carbonyl (C=O) groups excluding carboxylic acids is 1. The van der Waals surface area contributed by atoms with Crippen LogP contribution in [0.5, 0.6) is 0 Å². The molecule has 3 atom stereocenters. The van der Waals surface area contributed by atoms with Crippen molar-refractivity contribution in [3.8, 4) is 6.07 Å². The van der Waals surface area contributed by atoms with Crippen LogP contribution in [0.15, 0.2) is 54.6 Å². The van der Waals surface area contributed by atoms with Gasteiger partial charge >= 0.3 is 5.97 Å². The van der Waals surface area contributed by atoms with E-state index in [1.54, 1.807) is 0 Å². The largest absolute Gasteiger partial charge is 0.462 e. The zero-order valence-electron chi connectivity index (χ0n) is 22.4. The fourth-order valence-electron chi connectivity index (χ4n) is 7.08. The number of rotatable bonds is 8. The van der Waals surface area contributed by atoms with Crippen LogP contribution in [0, 0.1) is 35.7 Å². The normalized spacial score (nSPS) is 24.1. The van der Waals surface area contributed by atoms with Crippen molar-refractivity contribution in [2.75, 3.05) is 37.6 Å². The Morgan fingerprint density at radius 1 is 1.08 bits per heavy atom. The number of anilines is 1. The van der Waals surface area contributed by atoms with Crippen LogP contribution in [0.3, 0.4) is 0 Å². The maximum Gasteiger partial charge on any atom is 0.305 e. The molecule has 0 radical (unpaired) electrons. The zero-order chi connectivity index (χ0) is 26.5. The highest BCUT2D eigenvalue weighted by molar-refractivity contribution is 5.69. The number of esters is 1. The van der Waals surface area contributed by atoms with Gasteiger partial charge in [-0.15, -0.1) is 0 Å². The molecular weight excluding hydrogens is 472 g/mol. The first-order valence-electron chi connectivity index (χ1n) is 14.2. The third-order valence-electron chi connectivity index (χ3n) is 9.06. The minimum absolute atomic E-state index is 0.0436. The summed E-state index contributed by atoms with van der Waals surface area (Å²) < 4.78 is 5.94.